The molecule has 0 aromatic carbocycles. The van der Waals surface area contributed by atoms with Crippen molar-refractivity contribution in [2.24, 2.45) is 0 Å². The van der Waals surface area contributed by atoms with Crippen LogP contribution in [0.5, 0.6) is 0 Å². The number of amides is 1. The van der Waals surface area contributed by atoms with Gasteiger partial charge in [0.05, 0.1) is 29.5 Å². The van der Waals surface area contributed by atoms with E-state index in [0.717, 1.165) is 39.4 Å². The van der Waals surface area contributed by atoms with Gasteiger partial charge in [-0.25, -0.2) is 14.3 Å². The minimum Gasteiger partial charge on any atom is -0.444 e. The quantitative estimate of drug-likeness (QED) is 0.379. The van der Waals surface area contributed by atoms with Crippen LogP contribution >= 0.6 is 11.8 Å². The number of aromatic nitrogens is 5. The largest absolute Gasteiger partial charge is 0.444 e. The maximum Gasteiger partial charge on any atom is 0.410 e. The van der Waals surface area contributed by atoms with E-state index in [4.69, 9.17) is 4.74 Å². The number of likely N-dealkylation sites (tertiary alicyclic amines) is 1. The maximum atomic E-state index is 12.6. The number of ether oxygens (including phenoxy) is 1. The van der Waals surface area contributed by atoms with Crippen molar-refractivity contribution in [3.05, 3.63) is 60.8 Å². The lowest BCUT2D eigenvalue weighted by molar-refractivity contribution is 0.0167. The van der Waals surface area contributed by atoms with Crippen molar-refractivity contribution >= 4 is 23.4 Å². The van der Waals surface area contributed by atoms with Gasteiger partial charge < -0.3 is 9.64 Å². The Morgan fingerprint density at radius 3 is 2.81 bits per heavy atom. The van der Waals surface area contributed by atoms with Gasteiger partial charge in [0.1, 0.15) is 16.7 Å². The molecule has 0 aliphatic carbocycles. The van der Waals surface area contributed by atoms with E-state index in [1.165, 1.54) is 11.8 Å². The third kappa shape index (κ3) is 5.06. The standard InChI is InChI=1S/C26H27N7O2S/c1-26(2,3)35-25(34)31-10-6-7-21(17-31)32-16-20(14-29-32)18-11-22(36-23-8-4-5-9-28-23)24-19(12-27)13-30-33(24)15-18/h4-5,8-9,11,13-16,21H,6-7,10,17H2,1-3H3. The van der Waals surface area contributed by atoms with Gasteiger partial charge in [0.25, 0.3) is 0 Å². The molecule has 1 unspecified atom stereocenters. The van der Waals surface area contributed by atoms with E-state index < -0.39 is 5.60 Å². The molecule has 0 spiro atoms. The average Bonchev–Trinajstić information content (AvgIpc) is 3.51. The maximum absolute atomic E-state index is 12.6. The van der Waals surface area contributed by atoms with Gasteiger partial charge in [-0.2, -0.15) is 15.5 Å². The number of piperidine rings is 1. The Labute approximate surface area is 213 Å². The molecule has 36 heavy (non-hydrogen) atoms. The van der Waals surface area contributed by atoms with Crippen LogP contribution in [0.3, 0.4) is 0 Å². The van der Waals surface area contributed by atoms with E-state index >= 15 is 0 Å². The summed E-state index contributed by atoms with van der Waals surface area (Å²) in [5.74, 6) is 0. The highest BCUT2D eigenvalue weighted by Gasteiger charge is 2.29. The highest BCUT2D eigenvalue weighted by molar-refractivity contribution is 7.99. The van der Waals surface area contributed by atoms with Crippen LogP contribution in [0, 0.1) is 11.3 Å². The van der Waals surface area contributed by atoms with Gasteiger partial charge in [0, 0.05) is 47.7 Å². The summed E-state index contributed by atoms with van der Waals surface area (Å²) in [6.45, 7) is 6.87. The molecule has 4 aromatic rings. The van der Waals surface area contributed by atoms with E-state index in [1.807, 2.05) is 68.3 Å². The van der Waals surface area contributed by atoms with Gasteiger partial charge >= 0.3 is 6.09 Å². The number of carbonyl (C=O) groups excluding carboxylic acids is 1. The van der Waals surface area contributed by atoms with Crippen LogP contribution in [-0.4, -0.2) is 54.1 Å². The normalized spacial score (nSPS) is 16.2. The average molecular weight is 502 g/mol. The molecule has 0 bridgehead atoms. The van der Waals surface area contributed by atoms with Crippen LogP contribution < -0.4 is 0 Å². The third-order valence-corrected chi connectivity index (χ3v) is 6.89. The number of carbonyl (C=O) groups is 1. The van der Waals surface area contributed by atoms with Gasteiger partial charge in [-0.3, -0.25) is 4.68 Å². The number of rotatable bonds is 4. The number of fused-ring (bicyclic) bond motifs is 1. The first-order valence-corrected chi connectivity index (χ1v) is 12.7. The smallest absolute Gasteiger partial charge is 0.410 e. The zero-order valence-electron chi connectivity index (χ0n) is 20.5. The Balaban J connectivity index is 1.43. The number of hydrogen-bond donors (Lipinski definition) is 0. The van der Waals surface area contributed by atoms with E-state index in [-0.39, 0.29) is 12.1 Å². The first-order chi connectivity index (χ1) is 17.3. The molecule has 9 nitrogen and oxygen atoms in total. The molecule has 1 amide bonds. The Kier molecular flexibility index (Phi) is 6.41. The number of nitrogens with zero attached hydrogens (tertiary/aromatic N) is 7. The minimum atomic E-state index is -0.523. The summed E-state index contributed by atoms with van der Waals surface area (Å²) in [5.41, 5.74) is 2.61. The fourth-order valence-corrected chi connectivity index (χ4v) is 5.24. The monoisotopic (exact) mass is 501 g/mol. The van der Waals surface area contributed by atoms with Gasteiger partial charge in [-0.05, 0) is 51.8 Å². The topological polar surface area (TPSA) is 101 Å². The Hall–Kier alpha value is -3.84. The molecule has 4 aromatic heterocycles. The summed E-state index contributed by atoms with van der Waals surface area (Å²) in [6, 6.07) is 10.1. The van der Waals surface area contributed by atoms with Crippen molar-refractivity contribution < 1.29 is 9.53 Å². The van der Waals surface area contributed by atoms with Gasteiger partial charge in [-0.15, -0.1) is 0 Å². The van der Waals surface area contributed by atoms with Crippen LogP contribution in [0.15, 0.2) is 65.2 Å². The highest BCUT2D eigenvalue weighted by Crippen LogP contribution is 2.35. The number of nitriles is 1. The fourth-order valence-electron chi connectivity index (χ4n) is 4.27. The molecule has 10 heteroatoms. The van der Waals surface area contributed by atoms with Gasteiger partial charge in [0.15, 0.2) is 0 Å². The van der Waals surface area contributed by atoms with Crippen LogP contribution in [0.25, 0.3) is 16.6 Å². The van der Waals surface area contributed by atoms with E-state index in [2.05, 4.69) is 21.3 Å². The van der Waals surface area contributed by atoms with Crippen molar-refractivity contribution in [2.45, 2.75) is 55.2 Å². The Morgan fingerprint density at radius 1 is 1.19 bits per heavy atom. The van der Waals surface area contributed by atoms with E-state index in [9.17, 15) is 10.1 Å². The lowest BCUT2D eigenvalue weighted by atomic mass is 10.1. The molecule has 1 fully saturated rings. The van der Waals surface area contributed by atoms with Crippen molar-refractivity contribution in [3.63, 3.8) is 0 Å². The molecule has 1 aliphatic rings. The van der Waals surface area contributed by atoms with Crippen molar-refractivity contribution in [1.82, 2.24) is 29.3 Å². The molecule has 1 saturated heterocycles. The minimum absolute atomic E-state index is 0.0704. The van der Waals surface area contributed by atoms with Crippen molar-refractivity contribution in [3.8, 4) is 17.2 Å². The van der Waals surface area contributed by atoms with Crippen molar-refractivity contribution in [1.29, 1.82) is 5.26 Å². The molecule has 0 N–H and O–H groups in total. The second-order valence-corrected chi connectivity index (χ2v) is 10.8. The third-order valence-electron chi connectivity index (χ3n) is 5.91. The highest BCUT2D eigenvalue weighted by atomic mass is 32.2. The first kappa shape index (κ1) is 23.9. The molecule has 1 atom stereocenters. The summed E-state index contributed by atoms with van der Waals surface area (Å²) < 4.78 is 9.24. The lowest BCUT2D eigenvalue weighted by Gasteiger charge is -2.34. The number of pyridine rings is 2. The Bertz CT molecular complexity index is 1430. The summed E-state index contributed by atoms with van der Waals surface area (Å²) in [6.07, 6.45) is 10.6. The summed E-state index contributed by atoms with van der Waals surface area (Å²) in [4.78, 5) is 19.7. The summed E-state index contributed by atoms with van der Waals surface area (Å²) in [7, 11) is 0. The Morgan fingerprint density at radius 2 is 2.06 bits per heavy atom. The molecule has 0 saturated carbocycles. The van der Waals surface area contributed by atoms with Crippen LogP contribution in [0.2, 0.25) is 0 Å². The fraction of sp³-hybridized carbons (Fsp3) is 0.346. The number of hydrogen-bond acceptors (Lipinski definition) is 7. The summed E-state index contributed by atoms with van der Waals surface area (Å²) in [5, 5.41) is 19.5. The zero-order chi connectivity index (χ0) is 25.3. The predicted molar refractivity (Wildman–Crippen MR) is 136 cm³/mol. The molecule has 184 valence electrons. The molecular weight excluding hydrogens is 474 g/mol. The SMILES string of the molecule is CC(C)(C)OC(=O)N1CCCC(n2cc(-c3cc(Sc4ccccn4)c4c(C#N)cnn4c3)cn2)C1. The van der Waals surface area contributed by atoms with Crippen LogP contribution in [-0.2, 0) is 4.74 Å². The van der Waals surface area contributed by atoms with Crippen LogP contribution in [0.4, 0.5) is 4.79 Å². The molecular formula is C26H27N7O2S. The van der Waals surface area contributed by atoms with Crippen molar-refractivity contribution in [2.75, 3.05) is 13.1 Å². The second-order valence-electron chi connectivity index (χ2n) is 9.76. The zero-order valence-corrected chi connectivity index (χ0v) is 21.3. The van der Waals surface area contributed by atoms with Crippen LogP contribution in [0.1, 0.15) is 45.2 Å². The van der Waals surface area contributed by atoms with E-state index in [1.54, 1.807) is 21.8 Å². The lowest BCUT2D eigenvalue weighted by Crippen LogP contribution is -2.43. The molecule has 5 rings (SSSR count). The predicted octanol–water partition coefficient (Wildman–Crippen LogP) is 5.19. The first-order valence-electron chi connectivity index (χ1n) is 11.8. The summed E-state index contributed by atoms with van der Waals surface area (Å²) >= 11 is 1.49. The van der Waals surface area contributed by atoms with Gasteiger partial charge in [0.2, 0.25) is 0 Å². The second kappa shape index (κ2) is 9.66. The van der Waals surface area contributed by atoms with E-state index in [0.29, 0.717) is 18.7 Å². The molecule has 0 radical (unpaired) electrons. The van der Waals surface area contributed by atoms with Gasteiger partial charge in [-0.1, -0.05) is 17.8 Å². The molecule has 1 aliphatic heterocycles. The molecule has 5 heterocycles.